The normalized spacial score (nSPS) is 11.9. The average Bonchev–Trinajstić information content (AvgIpc) is 3.66. The van der Waals surface area contributed by atoms with Gasteiger partial charge in [-0.2, -0.15) is 0 Å². The van der Waals surface area contributed by atoms with Crippen LogP contribution in [0.5, 0.6) is 0 Å². The maximum atomic E-state index is 2.48. The van der Waals surface area contributed by atoms with Crippen LogP contribution in [-0.4, -0.2) is 9.13 Å². The number of aromatic nitrogens is 2. The Labute approximate surface area is 266 Å². The second-order valence-corrected chi connectivity index (χ2v) is 12.1. The minimum atomic E-state index is 1.17. The van der Waals surface area contributed by atoms with Crippen molar-refractivity contribution in [2.75, 3.05) is 0 Å². The van der Waals surface area contributed by atoms with Crippen LogP contribution in [0.3, 0.4) is 0 Å². The summed E-state index contributed by atoms with van der Waals surface area (Å²) in [5.41, 5.74) is 9.69. The Hall–Kier alpha value is -6.12. The van der Waals surface area contributed by atoms with Crippen LogP contribution >= 0.6 is 0 Å². The van der Waals surface area contributed by atoms with E-state index in [2.05, 4.69) is 179 Å². The zero-order chi connectivity index (χ0) is 30.2. The summed E-state index contributed by atoms with van der Waals surface area (Å²) < 4.78 is 4.90. The van der Waals surface area contributed by atoms with Gasteiger partial charge in [-0.05, 0) is 64.4 Å². The van der Waals surface area contributed by atoms with Gasteiger partial charge in [-0.15, -0.1) is 0 Å². The Balaban J connectivity index is 1.41. The average molecular weight is 585 g/mol. The molecule has 0 spiro atoms. The molecule has 0 saturated carbocycles. The maximum absolute atomic E-state index is 2.48. The van der Waals surface area contributed by atoms with Gasteiger partial charge in [0.05, 0.1) is 22.1 Å². The fourth-order valence-corrected chi connectivity index (χ4v) is 7.80. The first kappa shape index (κ1) is 25.2. The lowest BCUT2D eigenvalue weighted by Crippen LogP contribution is -1.96. The highest BCUT2D eigenvalue weighted by Gasteiger charge is 2.22. The third-order valence-electron chi connectivity index (χ3n) is 9.66. The molecule has 0 aliphatic rings. The molecule has 2 heteroatoms. The monoisotopic (exact) mass is 584 g/mol. The predicted molar refractivity (Wildman–Crippen MR) is 196 cm³/mol. The summed E-state index contributed by atoms with van der Waals surface area (Å²) >= 11 is 0. The van der Waals surface area contributed by atoms with Crippen molar-refractivity contribution in [2.45, 2.75) is 0 Å². The molecule has 2 heterocycles. The molecule has 8 aromatic carbocycles. The number of fused-ring (bicyclic) bond motifs is 12. The van der Waals surface area contributed by atoms with E-state index in [9.17, 15) is 0 Å². The molecule has 0 amide bonds. The van der Waals surface area contributed by atoms with Gasteiger partial charge in [-0.3, -0.25) is 0 Å². The first-order valence-corrected chi connectivity index (χ1v) is 15.9. The van der Waals surface area contributed by atoms with Gasteiger partial charge in [-0.25, -0.2) is 0 Å². The topological polar surface area (TPSA) is 9.86 Å². The fraction of sp³-hybridized carbons (Fsp3) is 0. The molecule has 0 bridgehead atoms. The lowest BCUT2D eigenvalue weighted by Gasteiger charge is -2.14. The van der Waals surface area contributed by atoms with Crippen LogP contribution in [-0.2, 0) is 0 Å². The van der Waals surface area contributed by atoms with E-state index in [0.29, 0.717) is 0 Å². The second kappa shape index (κ2) is 9.69. The van der Waals surface area contributed by atoms with Crippen LogP contribution in [0.4, 0.5) is 0 Å². The van der Waals surface area contributed by atoms with E-state index in [1.807, 2.05) is 0 Å². The zero-order valence-corrected chi connectivity index (χ0v) is 25.1. The lowest BCUT2D eigenvalue weighted by molar-refractivity contribution is 1.18. The number of para-hydroxylation sites is 3. The largest absolute Gasteiger partial charge is 0.309 e. The number of hydrogen-bond acceptors (Lipinski definition) is 0. The number of rotatable bonds is 3. The van der Waals surface area contributed by atoms with Crippen LogP contribution in [0, 0.1) is 0 Å². The van der Waals surface area contributed by atoms with Crippen LogP contribution in [0.1, 0.15) is 0 Å². The third-order valence-corrected chi connectivity index (χ3v) is 9.66. The second-order valence-electron chi connectivity index (χ2n) is 12.1. The highest BCUT2D eigenvalue weighted by Crippen LogP contribution is 2.47. The number of benzene rings is 8. The van der Waals surface area contributed by atoms with Crippen molar-refractivity contribution < 1.29 is 0 Å². The summed E-state index contributed by atoms with van der Waals surface area (Å²) in [6.45, 7) is 0. The van der Waals surface area contributed by atoms with Crippen LogP contribution in [0.25, 0.3) is 87.7 Å². The highest BCUT2D eigenvalue weighted by atomic mass is 15.0. The summed E-state index contributed by atoms with van der Waals surface area (Å²) in [4.78, 5) is 0. The first-order valence-electron chi connectivity index (χ1n) is 15.9. The quantitative estimate of drug-likeness (QED) is 0.183. The summed E-state index contributed by atoms with van der Waals surface area (Å²) in [6, 6.07) is 61.8. The van der Waals surface area contributed by atoms with Gasteiger partial charge in [0.2, 0.25) is 0 Å². The van der Waals surface area contributed by atoms with Crippen molar-refractivity contribution in [3.8, 4) is 22.5 Å². The third kappa shape index (κ3) is 3.47. The molecule has 46 heavy (non-hydrogen) atoms. The van der Waals surface area contributed by atoms with E-state index < -0.39 is 0 Å². The number of hydrogen-bond donors (Lipinski definition) is 0. The van der Waals surface area contributed by atoms with E-state index in [4.69, 9.17) is 0 Å². The SMILES string of the molecule is c1ccc(-c2cccc(-n3c4ccccc4c4c5ccc6c(c7ccccc7n6-c6ccccc6)c5c5ccccc5c43)c2)cc1. The van der Waals surface area contributed by atoms with Crippen LogP contribution in [0.2, 0.25) is 0 Å². The summed E-state index contributed by atoms with van der Waals surface area (Å²) in [5, 5.41) is 10.3. The smallest absolute Gasteiger partial charge is 0.0625 e. The zero-order valence-electron chi connectivity index (χ0n) is 25.1. The van der Waals surface area contributed by atoms with Crippen molar-refractivity contribution in [1.82, 2.24) is 9.13 Å². The summed E-state index contributed by atoms with van der Waals surface area (Å²) in [7, 11) is 0. The predicted octanol–water partition coefficient (Wildman–Crippen LogP) is 11.9. The van der Waals surface area contributed by atoms with Crippen molar-refractivity contribution >= 4 is 65.2 Å². The standard InChI is InChI=1S/C44H28N2/c1-3-14-29(15-4-1)30-16-13-19-32(28-30)46-39-25-12-9-22-35(39)42-37-26-27-40-43(41(37)33-20-7-8-21-34(33)44(42)46)36-23-10-11-24-38(36)45(40)31-17-5-2-6-18-31/h1-28H. The van der Waals surface area contributed by atoms with Crippen LogP contribution < -0.4 is 0 Å². The van der Waals surface area contributed by atoms with E-state index in [-0.39, 0.29) is 0 Å². The van der Waals surface area contributed by atoms with Gasteiger partial charge in [-0.1, -0.05) is 127 Å². The molecule has 2 aromatic heterocycles. The first-order chi connectivity index (χ1) is 22.9. The molecule has 0 saturated heterocycles. The Bertz CT molecular complexity index is 2780. The molecule has 0 aliphatic heterocycles. The van der Waals surface area contributed by atoms with E-state index in [0.717, 1.165) is 0 Å². The van der Waals surface area contributed by atoms with Gasteiger partial charge >= 0.3 is 0 Å². The number of nitrogens with zero attached hydrogens (tertiary/aromatic N) is 2. The molecular formula is C44H28N2. The van der Waals surface area contributed by atoms with Gasteiger partial charge in [0.15, 0.2) is 0 Å². The van der Waals surface area contributed by atoms with Crippen molar-refractivity contribution in [3.63, 3.8) is 0 Å². The summed E-state index contributed by atoms with van der Waals surface area (Å²) in [6.07, 6.45) is 0. The van der Waals surface area contributed by atoms with Crippen molar-refractivity contribution in [3.05, 3.63) is 170 Å². The molecule has 0 N–H and O–H groups in total. The molecule has 214 valence electrons. The molecule has 0 atom stereocenters. The Morgan fingerprint density at radius 3 is 1.61 bits per heavy atom. The van der Waals surface area contributed by atoms with E-state index in [1.54, 1.807) is 0 Å². The van der Waals surface area contributed by atoms with E-state index in [1.165, 1.54) is 87.7 Å². The van der Waals surface area contributed by atoms with Gasteiger partial charge < -0.3 is 9.13 Å². The fourth-order valence-electron chi connectivity index (χ4n) is 7.80. The van der Waals surface area contributed by atoms with Crippen molar-refractivity contribution in [2.24, 2.45) is 0 Å². The Kier molecular flexibility index (Phi) is 5.31. The molecule has 10 aromatic rings. The maximum Gasteiger partial charge on any atom is 0.0625 e. The molecule has 10 rings (SSSR count). The van der Waals surface area contributed by atoms with Crippen molar-refractivity contribution in [1.29, 1.82) is 0 Å². The molecule has 0 fully saturated rings. The molecular weight excluding hydrogens is 556 g/mol. The molecule has 0 aliphatic carbocycles. The Morgan fingerprint density at radius 2 is 0.848 bits per heavy atom. The van der Waals surface area contributed by atoms with Gasteiger partial charge in [0, 0.05) is 43.7 Å². The molecule has 2 nitrogen and oxygen atoms in total. The van der Waals surface area contributed by atoms with Crippen LogP contribution in [0.15, 0.2) is 170 Å². The molecule has 0 unspecified atom stereocenters. The van der Waals surface area contributed by atoms with E-state index >= 15 is 0 Å². The lowest BCUT2D eigenvalue weighted by atomic mass is 9.93. The highest BCUT2D eigenvalue weighted by molar-refractivity contribution is 6.38. The van der Waals surface area contributed by atoms with Gasteiger partial charge in [0.1, 0.15) is 0 Å². The summed E-state index contributed by atoms with van der Waals surface area (Å²) in [5.74, 6) is 0. The van der Waals surface area contributed by atoms with Gasteiger partial charge in [0.25, 0.3) is 0 Å². The minimum Gasteiger partial charge on any atom is -0.309 e. The minimum absolute atomic E-state index is 1.17. The Morgan fingerprint density at radius 1 is 0.283 bits per heavy atom. The molecule has 0 radical (unpaired) electrons.